The van der Waals surface area contributed by atoms with E-state index >= 15 is 0 Å². The monoisotopic (exact) mass is 375 g/mol. The number of hydrogen-bond donors (Lipinski definition) is 2. The minimum atomic E-state index is 0. The number of nitrogens with two attached hydrogens (primary N) is 2. The predicted octanol–water partition coefficient (Wildman–Crippen LogP) is 2.40. The van der Waals surface area contributed by atoms with Crippen molar-refractivity contribution in [3.63, 3.8) is 0 Å². The molecule has 4 nitrogen and oxygen atoms in total. The number of guanidine groups is 1. The lowest BCUT2D eigenvalue weighted by molar-refractivity contribution is 0.378. The van der Waals surface area contributed by atoms with Crippen molar-refractivity contribution in [2.24, 2.45) is 16.5 Å². The summed E-state index contributed by atoms with van der Waals surface area (Å²) in [5.41, 5.74) is 12.2. The first-order valence-electron chi connectivity index (χ1n) is 6.37. The molecule has 1 aliphatic rings. The summed E-state index contributed by atoms with van der Waals surface area (Å²) >= 11 is 0. The van der Waals surface area contributed by atoms with Crippen LogP contribution in [-0.2, 0) is 5.41 Å². The highest BCUT2D eigenvalue weighted by Crippen LogP contribution is 2.44. The lowest BCUT2D eigenvalue weighted by Gasteiger charge is -2.29. The zero-order chi connectivity index (χ0) is 13.0. The van der Waals surface area contributed by atoms with Crippen LogP contribution in [0.4, 0.5) is 0 Å². The fourth-order valence-corrected chi connectivity index (χ4v) is 2.89. The molecule has 1 aliphatic carbocycles. The van der Waals surface area contributed by atoms with Crippen molar-refractivity contribution in [1.29, 1.82) is 0 Å². The van der Waals surface area contributed by atoms with Gasteiger partial charge < -0.3 is 16.2 Å². The third-order valence-electron chi connectivity index (χ3n) is 3.80. The van der Waals surface area contributed by atoms with Gasteiger partial charge in [-0.3, -0.25) is 4.99 Å². The molecular formula is C14H22IN3O. The van der Waals surface area contributed by atoms with Gasteiger partial charge in [-0.05, 0) is 18.9 Å². The SMILES string of the molecule is COc1ccccc1C1(CN=C(N)N)CCCC1.I. The fraction of sp³-hybridized carbons (Fsp3) is 0.500. The van der Waals surface area contributed by atoms with Crippen LogP contribution in [-0.4, -0.2) is 19.6 Å². The summed E-state index contributed by atoms with van der Waals surface area (Å²) in [6.45, 7) is 0.649. The van der Waals surface area contributed by atoms with Crippen LogP contribution >= 0.6 is 24.0 Å². The molecule has 106 valence electrons. The van der Waals surface area contributed by atoms with E-state index in [0.29, 0.717) is 6.54 Å². The van der Waals surface area contributed by atoms with E-state index in [2.05, 4.69) is 11.1 Å². The van der Waals surface area contributed by atoms with Gasteiger partial charge in [0.2, 0.25) is 0 Å². The molecule has 0 amide bonds. The number of methoxy groups -OCH3 is 1. The van der Waals surface area contributed by atoms with Gasteiger partial charge >= 0.3 is 0 Å². The van der Waals surface area contributed by atoms with Crippen molar-refractivity contribution in [3.05, 3.63) is 29.8 Å². The lowest BCUT2D eigenvalue weighted by atomic mass is 9.78. The van der Waals surface area contributed by atoms with Gasteiger partial charge in [0, 0.05) is 11.0 Å². The molecule has 2 rings (SSSR count). The van der Waals surface area contributed by atoms with Crippen molar-refractivity contribution in [2.45, 2.75) is 31.1 Å². The van der Waals surface area contributed by atoms with Gasteiger partial charge in [-0.15, -0.1) is 24.0 Å². The van der Waals surface area contributed by atoms with Crippen LogP contribution in [0.25, 0.3) is 0 Å². The first-order valence-corrected chi connectivity index (χ1v) is 6.37. The molecular weight excluding hydrogens is 353 g/mol. The number of benzene rings is 1. The maximum Gasteiger partial charge on any atom is 0.185 e. The summed E-state index contributed by atoms with van der Waals surface area (Å²) in [5.74, 6) is 1.10. The molecule has 0 bridgehead atoms. The fourth-order valence-electron chi connectivity index (χ4n) is 2.89. The summed E-state index contributed by atoms with van der Waals surface area (Å²) in [7, 11) is 1.71. The van der Waals surface area contributed by atoms with Gasteiger partial charge in [0.25, 0.3) is 0 Å². The van der Waals surface area contributed by atoms with E-state index < -0.39 is 0 Å². The lowest BCUT2D eigenvalue weighted by Crippen LogP contribution is -2.30. The topological polar surface area (TPSA) is 73.6 Å². The first kappa shape index (κ1) is 16.1. The average molecular weight is 375 g/mol. The molecule has 0 saturated heterocycles. The van der Waals surface area contributed by atoms with Crippen LogP contribution in [0.2, 0.25) is 0 Å². The molecule has 1 aromatic carbocycles. The van der Waals surface area contributed by atoms with E-state index in [1.165, 1.54) is 18.4 Å². The molecule has 5 heteroatoms. The maximum absolute atomic E-state index is 5.48. The molecule has 0 heterocycles. The molecule has 0 aliphatic heterocycles. The van der Waals surface area contributed by atoms with E-state index in [0.717, 1.165) is 18.6 Å². The highest BCUT2D eigenvalue weighted by atomic mass is 127. The molecule has 1 fully saturated rings. The number of hydrogen-bond acceptors (Lipinski definition) is 2. The second-order valence-corrected chi connectivity index (χ2v) is 4.93. The Kier molecular flexibility index (Phi) is 5.90. The van der Waals surface area contributed by atoms with Gasteiger partial charge in [0.1, 0.15) is 5.75 Å². The molecule has 0 aromatic heterocycles. The Morgan fingerprint density at radius 1 is 1.26 bits per heavy atom. The minimum Gasteiger partial charge on any atom is -0.496 e. The average Bonchev–Trinajstić information content (AvgIpc) is 2.86. The zero-order valence-corrected chi connectivity index (χ0v) is 13.6. The number of rotatable bonds is 4. The molecule has 19 heavy (non-hydrogen) atoms. The Morgan fingerprint density at radius 3 is 2.47 bits per heavy atom. The zero-order valence-electron chi connectivity index (χ0n) is 11.3. The molecule has 0 atom stereocenters. The minimum absolute atomic E-state index is 0. The Labute approximate surface area is 131 Å². The summed E-state index contributed by atoms with van der Waals surface area (Å²) in [4.78, 5) is 4.25. The smallest absolute Gasteiger partial charge is 0.185 e. The molecule has 0 spiro atoms. The molecule has 4 N–H and O–H groups in total. The third-order valence-corrected chi connectivity index (χ3v) is 3.80. The molecule has 1 aromatic rings. The number of para-hydroxylation sites is 1. The standard InChI is InChI=1S/C14H21N3O.HI/c1-18-12-7-3-2-6-11(12)14(8-4-5-9-14)10-17-13(15)16;/h2-3,6-7H,4-5,8-10H2,1H3,(H4,15,16,17);1H. The van der Waals surface area contributed by atoms with Crippen molar-refractivity contribution < 1.29 is 4.74 Å². The Balaban J connectivity index is 0.00000180. The highest BCUT2D eigenvalue weighted by Gasteiger charge is 2.37. The van der Waals surface area contributed by atoms with Crippen LogP contribution in [0.3, 0.4) is 0 Å². The summed E-state index contributed by atoms with van der Waals surface area (Å²) < 4.78 is 5.48. The summed E-state index contributed by atoms with van der Waals surface area (Å²) in [6, 6.07) is 8.18. The van der Waals surface area contributed by atoms with Crippen LogP contribution in [0.5, 0.6) is 5.75 Å². The number of nitrogens with zero attached hydrogens (tertiary/aromatic N) is 1. The quantitative estimate of drug-likeness (QED) is 0.482. The van der Waals surface area contributed by atoms with Crippen LogP contribution in [0.1, 0.15) is 31.2 Å². The second kappa shape index (κ2) is 6.98. The first-order chi connectivity index (χ1) is 8.68. The number of halogens is 1. The van der Waals surface area contributed by atoms with E-state index in [1.54, 1.807) is 7.11 Å². The van der Waals surface area contributed by atoms with Gasteiger partial charge in [-0.25, -0.2) is 0 Å². The van der Waals surface area contributed by atoms with E-state index in [9.17, 15) is 0 Å². The van der Waals surface area contributed by atoms with E-state index in [-0.39, 0.29) is 35.4 Å². The van der Waals surface area contributed by atoms with Gasteiger partial charge in [0.05, 0.1) is 13.7 Å². The van der Waals surface area contributed by atoms with Gasteiger partial charge in [-0.2, -0.15) is 0 Å². The normalized spacial score (nSPS) is 16.5. The van der Waals surface area contributed by atoms with Gasteiger partial charge in [-0.1, -0.05) is 31.0 Å². The number of aliphatic imine (C=N–C) groups is 1. The largest absolute Gasteiger partial charge is 0.496 e. The van der Waals surface area contributed by atoms with Crippen LogP contribution in [0, 0.1) is 0 Å². The summed E-state index contributed by atoms with van der Waals surface area (Å²) in [6.07, 6.45) is 4.67. The third kappa shape index (κ3) is 3.52. The Bertz CT molecular complexity index is 438. The highest BCUT2D eigenvalue weighted by molar-refractivity contribution is 14.0. The van der Waals surface area contributed by atoms with Crippen LogP contribution < -0.4 is 16.2 Å². The van der Waals surface area contributed by atoms with E-state index in [1.807, 2.05) is 18.2 Å². The van der Waals surface area contributed by atoms with Crippen LogP contribution in [0.15, 0.2) is 29.3 Å². The predicted molar refractivity (Wildman–Crippen MR) is 89.2 cm³/mol. The molecule has 0 unspecified atom stereocenters. The second-order valence-electron chi connectivity index (χ2n) is 4.93. The molecule has 0 radical (unpaired) electrons. The molecule has 1 saturated carbocycles. The van der Waals surface area contributed by atoms with Crippen molar-refractivity contribution in [3.8, 4) is 5.75 Å². The van der Waals surface area contributed by atoms with Crippen molar-refractivity contribution in [2.75, 3.05) is 13.7 Å². The van der Waals surface area contributed by atoms with Crippen molar-refractivity contribution in [1.82, 2.24) is 0 Å². The summed E-state index contributed by atoms with van der Waals surface area (Å²) in [5, 5.41) is 0. The Hall–Kier alpha value is -0.980. The van der Waals surface area contributed by atoms with Crippen molar-refractivity contribution >= 4 is 29.9 Å². The van der Waals surface area contributed by atoms with E-state index in [4.69, 9.17) is 16.2 Å². The van der Waals surface area contributed by atoms with Gasteiger partial charge in [0.15, 0.2) is 5.96 Å². The maximum atomic E-state index is 5.48. The number of ether oxygens (including phenoxy) is 1. The Morgan fingerprint density at radius 2 is 1.89 bits per heavy atom.